The molecular formula is C15H20BrN3O. The first-order chi connectivity index (χ1) is 9.61. The molecule has 2 N–H and O–H groups in total. The number of nitrogens with zero attached hydrogens (tertiary/aromatic N) is 2. The van der Waals surface area contributed by atoms with Gasteiger partial charge in [0.15, 0.2) is 0 Å². The Labute approximate surface area is 128 Å². The van der Waals surface area contributed by atoms with Crippen LogP contribution in [-0.4, -0.2) is 22.9 Å². The van der Waals surface area contributed by atoms with Gasteiger partial charge in [-0.3, -0.25) is 4.68 Å². The van der Waals surface area contributed by atoms with E-state index in [2.05, 4.69) is 33.2 Å². The molecule has 0 saturated carbocycles. The van der Waals surface area contributed by atoms with Crippen molar-refractivity contribution in [3.63, 3.8) is 0 Å². The molecule has 0 amide bonds. The molecule has 0 atom stereocenters. The van der Waals surface area contributed by atoms with Gasteiger partial charge in [0.2, 0.25) is 0 Å². The molecule has 1 heterocycles. The van der Waals surface area contributed by atoms with Crippen LogP contribution in [0.15, 0.2) is 28.7 Å². The average Bonchev–Trinajstić information content (AvgIpc) is 2.69. The second kappa shape index (κ2) is 6.90. The maximum Gasteiger partial charge on any atom is 0.119 e. The minimum Gasteiger partial charge on any atom is -0.492 e. The molecule has 4 nitrogen and oxygen atoms in total. The van der Waals surface area contributed by atoms with Gasteiger partial charge in [0.1, 0.15) is 12.4 Å². The fourth-order valence-electron chi connectivity index (χ4n) is 2.06. The summed E-state index contributed by atoms with van der Waals surface area (Å²) < 4.78 is 8.77. The number of nitrogens with two attached hydrogens (primary N) is 1. The molecule has 20 heavy (non-hydrogen) atoms. The summed E-state index contributed by atoms with van der Waals surface area (Å²) in [5.41, 5.74) is 8.90. The lowest BCUT2D eigenvalue weighted by Crippen LogP contribution is -2.11. The Morgan fingerprint density at radius 3 is 2.50 bits per heavy atom. The Hall–Kier alpha value is -1.33. The van der Waals surface area contributed by atoms with Crippen LogP contribution in [0.3, 0.4) is 0 Å². The van der Waals surface area contributed by atoms with Crippen LogP contribution in [-0.2, 0) is 13.0 Å². The number of hydrogen-bond donors (Lipinski definition) is 1. The van der Waals surface area contributed by atoms with Crippen LogP contribution in [0.2, 0.25) is 0 Å². The third-order valence-electron chi connectivity index (χ3n) is 3.22. The molecule has 0 unspecified atom stereocenters. The van der Waals surface area contributed by atoms with Gasteiger partial charge in [-0.2, -0.15) is 5.10 Å². The zero-order valence-electron chi connectivity index (χ0n) is 11.9. The van der Waals surface area contributed by atoms with Gasteiger partial charge < -0.3 is 10.5 Å². The van der Waals surface area contributed by atoms with Crippen LogP contribution in [0.4, 0.5) is 0 Å². The molecule has 0 fully saturated rings. The molecule has 0 bridgehead atoms. The number of hydrogen-bond acceptors (Lipinski definition) is 3. The van der Waals surface area contributed by atoms with E-state index in [1.54, 1.807) is 0 Å². The van der Waals surface area contributed by atoms with Gasteiger partial charge in [-0.05, 0) is 60.4 Å². The van der Waals surface area contributed by atoms with Crippen molar-refractivity contribution in [3.8, 4) is 5.75 Å². The van der Waals surface area contributed by atoms with Crippen LogP contribution in [0.5, 0.6) is 5.75 Å². The van der Waals surface area contributed by atoms with Crippen LogP contribution in [0, 0.1) is 13.8 Å². The molecule has 2 rings (SSSR count). The lowest BCUT2D eigenvalue weighted by atomic mass is 10.1. The molecular weight excluding hydrogens is 318 g/mol. The zero-order valence-corrected chi connectivity index (χ0v) is 13.5. The largest absolute Gasteiger partial charge is 0.492 e. The highest BCUT2D eigenvalue weighted by atomic mass is 79.9. The minimum absolute atomic E-state index is 0.602. The molecule has 1 aromatic heterocycles. The average molecular weight is 338 g/mol. The number of rotatable bonds is 6. The summed E-state index contributed by atoms with van der Waals surface area (Å²) in [7, 11) is 0. The van der Waals surface area contributed by atoms with E-state index in [4.69, 9.17) is 10.5 Å². The van der Waals surface area contributed by atoms with Gasteiger partial charge in [0.05, 0.1) is 16.7 Å². The molecule has 0 aliphatic rings. The molecule has 0 aliphatic heterocycles. The minimum atomic E-state index is 0.602. The van der Waals surface area contributed by atoms with Gasteiger partial charge in [-0.15, -0.1) is 0 Å². The predicted molar refractivity (Wildman–Crippen MR) is 84.1 cm³/mol. The first kappa shape index (κ1) is 15.1. The standard InChI is InChI=1S/C15H20BrN3O/c1-11-15(16)12(2)19(18-11)9-10-20-14-5-3-13(4-6-14)7-8-17/h3-6H,7-10,17H2,1-2H3. The van der Waals surface area contributed by atoms with E-state index in [-0.39, 0.29) is 0 Å². The lowest BCUT2D eigenvalue weighted by Gasteiger charge is -2.08. The van der Waals surface area contributed by atoms with Crippen molar-refractivity contribution in [2.45, 2.75) is 26.8 Å². The molecule has 0 saturated heterocycles. The Morgan fingerprint density at radius 1 is 1.25 bits per heavy atom. The van der Waals surface area contributed by atoms with E-state index in [0.717, 1.165) is 34.6 Å². The van der Waals surface area contributed by atoms with E-state index in [1.165, 1.54) is 5.56 Å². The first-order valence-electron chi connectivity index (χ1n) is 6.73. The van der Waals surface area contributed by atoms with Crippen LogP contribution in [0.25, 0.3) is 0 Å². The van der Waals surface area contributed by atoms with E-state index >= 15 is 0 Å². The second-order valence-corrected chi connectivity index (χ2v) is 5.53. The number of benzene rings is 1. The predicted octanol–water partition coefficient (Wildman–Crippen LogP) is 2.84. The second-order valence-electron chi connectivity index (χ2n) is 4.74. The summed E-state index contributed by atoms with van der Waals surface area (Å²) in [6.07, 6.45) is 0.903. The summed E-state index contributed by atoms with van der Waals surface area (Å²) in [5.74, 6) is 0.881. The van der Waals surface area contributed by atoms with Crippen molar-refractivity contribution in [1.29, 1.82) is 0 Å². The summed E-state index contributed by atoms with van der Waals surface area (Å²) in [4.78, 5) is 0. The Bertz CT molecular complexity index is 563. The third kappa shape index (κ3) is 3.61. The maximum absolute atomic E-state index is 5.74. The number of aromatic nitrogens is 2. The van der Waals surface area contributed by atoms with Crippen LogP contribution in [0.1, 0.15) is 17.0 Å². The highest BCUT2D eigenvalue weighted by Gasteiger charge is 2.08. The van der Waals surface area contributed by atoms with Crippen molar-refractivity contribution in [3.05, 3.63) is 45.7 Å². The van der Waals surface area contributed by atoms with Crippen LogP contribution < -0.4 is 10.5 Å². The quantitative estimate of drug-likeness (QED) is 0.881. The summed E-state index contributed by atoms with van der Waals surface area (Å²) in [6.45, 7) is 6.05. The summed E-state index contributed by atoms with van der Waals surface area (Å²) in [5, 5.41) is 4.46. The van der Waals surface area contributed by atoms with Crippen molar-refractivity contribution in [1.82, 2.24) is 9.78 Å². The van der Waals surface area contributed by atoms with E-state index in [1.807, 2.05) is 30.7 Å². The topological polar surface area (TPSA) is 53.1 Å². The number of halogens is 1. The molecule has 0 aliphatic carbocycles. The van der Waals surface area contributed by atoms with Gasteiger partial charge in [-0.25, -0.2) is 0 Å². The molecule has 0 spiro atoms. The Balaban J connectivity index is 1.87. The molecule has 5 heteroatoms. The van der Waals surface area contributed by atoms with Crippen molar-refractivity contribution < 1.29 is 4.74 Å². The number of aryl methyl sites for hydroxylation is 1. The SMILES string of the molecule is Cc1nn(CCOc2ccc(CCN)cc2)c(C)c1Br. The maximum atomic E-state index is 5.74. The molecule has 0 radical (unpaired) electrons. The van der Waals surface area contributed by atoms with Crippen molar-refractivity contribution in [2.75, 3.05) is 13.2 Å². The first-order valence-corrected chi connectivity index (χ1v) is 7.52. The fraction of sp³-hybridized carbons (Fsp3) is 0.400. The lowest BCUT2D eigenvalue weighted by molar-refractivity contribution is 0.289. The zero-order chi connectivity index (χ0) is 14.5. The van der Waals surface area contributed by atoms with Crippen molar-refractivity contribution in [2.24, 2.45) is 5.73 Å². The summed E-state index contributed by atoms with van der Waals surface area (Å²) in [6, 6.07) is 8.09. The fourth-order valence-corrected chi connectivity index (χ4v) is 2.35. The molecule has 2 aromatic rings. The van der Waals surface area contributed by atoms with Crippen LogP contribution >= 0.6 is 15.9 Å². The van der Waals surface area contributed by atoms with E-state index in [0.29, 0.717) is 13.2 Å². The normalized spacial score (nSPS) is 10.8. The third-order valence-corrected chi connectivity index (χ3v) is 4.37. The van der Waals surface area contributed by atoms with Gasteiger partial charge in [-0.1, -0.05) is 12.1 Å². The Morgan fingerprint density at radius 2 is 1.95 bits per heavy atom. The van der Waals surface area contributed by atoms with Crippen molar-refractivity contribution >= 4 is 15.9 Å². The highest BCUT2D eigenvalue weighted by molar-refractivity contribution is 9.10. The smallest absolute Gasteiger partial charge is 0.119 e. The van der Waals surface area contributed by atoms with E-state index < -0.39 is 0 Å². The van der Waals surface area contributed by atoms with Gasteiger partial charge >= 0.3 is 0 Å². The highest BCUT2D eigenvalue weighted by Crippen LogP contribution is 2.19. The van der Waals surface area contributed by atoms with Gasteiger partial charge in [0.25, 0.3) is 0 Å². The molecule has 1 aromatic carbocycles. The Kier molecular flexibility index (Phi) is 5.20. The number of ether oxygens (including phenoxy) is 1. The monoisotopic (exact) mass is 337 g/mol. The molecule has 108 valence electrons. The summed E-state index contributed by atoms with van der Waals surface area (Å²) >= 11 is 3.53. The van der Waals surface area contributed by atoms with E-state index in [9.17, 15) is 0 Å². The van der Waals surface area contributed by atoms with Gasteiger partial charge in [0, 0.05) is 5.69 Å².